The van der Waals surface area contributed by atoms with Crippen molar-refractivity contribution in [2.45, 2.75) is 30.9 Å². The third kappa shape index (κ3) is 1.19. The molecule has 0 radical (unpaired) electrons. The molecule has 1 spiro atoms. The quantitative estimate of drug-likeness (QED) is 0.499. The van der Waals surface area contributed by atoms with Crippen LogP contribution in [0.2, 0.25) is 0 Å². The summed E-state index contributed by atoms with van der Waals surface area (Å²) in [5, 5.41) is -0.512. The molecule has 4 heteroatoms. The Balaban J connectivity index is 2.20. The summed E-state index contributed by atoms with van der Waals surface area (Å²) in [4.78, 5) is 0. The molecule has 0 amide bonds. The van der Waals surface area contributed by atoms with Gasteiger partial charge in [0, 0.05) is 5.41 Å². The number of hydrogen-bond acceptors (Lipinski definition) is 2. The van der Waals surface area contributed by atoms with E-state index >= 15 is 0 Å². The van der Waals surface area contributed by atoms with E-state index in [1.165, 1.54) is 0 Å². The van der Waals surface area contributed by atoms with Crippen molar-refractivity contribution < 1.29 is 13.0 Å². The van der Waals surface area contributed by atoms with Crippen LogP contribution in [0.4, 0.5) is 0 Å². The van der Waals surface area contributed by atoms with Gasteiger partial charge in [0.1, 0.15) is 0 Å². The van der Waals surface area contributed by atoms with E-state index in [1.54, 1.807) is 0 Å². The Morgan fingerprint density at radius 2 is 2.25 bits per heavy atom. The minimum absolute atomic E-state index is 0.189. The Labute approximate surface area is 72.2 Å². The SMILES string of the molecule is O=S(=O)(O)C1CC12C=CCCC2. The van der Waals surface area contributed by atoms with E-state index < -0.39 is 15.4 Å². The molecule has 0 aromatic heterocycles. The predicted octanol–water partition coefficient (Wildman–Crippen LogP) is 1.37. The molecule has 2 atom stereocenters. The molecule has 12 heavy (non-hydrogen) atoms. The molecule has 0 saturated heterocycles. The average molecular weight is 188 g/mol. The minimum Gasteiger partial charge on any atom is -0.285 e. The summed E-state index contributed by atoms with van der Waals surface area (Å²) in [7, 11) is -3.79. The standard InChI is InChI=1S/C8H12O3S/c9-12(10,11)7-6-8(7)4-2-1-3-5-8/h2,4,7H,1,3,5-6H2,(H,9,10,11). The molecule has 2 rings (SSSR count). The summed E-state index contributed by atoms with van der Waals surface area (Å²) >= 11 is 0. The van der Waals surface area contributed by atoms with E-state index in [1.807, 2.05) is 12.2 Å². The van der Waals surface area contributed by atoms with E-state index in [2.05, 4.69) is 0 Å². The first-order valence-corrected chi connectivity index (χ1v) is 5.69. The topological polar surface area (TPSA) is 54.4 Å². The first kappa shape index (κ1) is 8.26. The van der Waals surface area contributed by atoms with Gasteiger partial charge in [0.05, 0.1) is 5.25 Å². The fraction of sp³-hybridized carbons (Fsp3) is 0.750. The Kier molecular flexibility index (Phi) is 1.60. The van der Waals surface area contributed by atoms with Crippen molar-refractivity contribution in [3.63, 3.8) is 0 Å². The molecule has 0 heterocycles. The van der Waals surface area contributed by atoms with E-state index in [9.17, 15) is 8.42 Å². The fourth-order valence-corrected chi connectivity index (χ4v) is 3.39. The summed E-state index contributed by atoms with van der Waals surface area (Å²) in [6.07, 6.45) is 7.60. The first-order valence-electron chi connectivity index (χ1n) is 4.19. The highest BCUT2D eigenvalue weighted by Crippen LogP contribution is 2.56. The second-order valence-electron chi connectivity index (χ2n) is 3.74. The molecule has 0 aromatic carbocycles. The van der Waals surface area contributed by atoms with Gasteiger partial charge in [0.25, 0.3) is 10.1 Å². The van der Waals surface area contributed by atoms with Crippen molar-refractivity contribution in [1.29, 1.82) is 0 Å². The van der Waals surface area contributed by atoms with Crippen LogP contribution >= 0.6 is 0 Å². The molecule has 68 valence electrons. The molecular weight excluding hydrogens is 176 g/mol. The van der Waals surface area contributed by atoms with Crippen LogP contribution in [0, 0.1) is 5.41 Å². The number of allylic oxidation sites excluding steroid dienone is 2. The van der Waals surface area contributed by atoms with Gasteiger partial charge in [-0.25, -0.2) is 0 Å². The highest BCUT2D eigenvalue weighted by atomic mass is 32.2. The van der Waals surface area contributed by atoms with Crippen LogP contribution in [-0.2, 0) is 10.1 Å². The Hall–Kier alpha value is -0.350. The van der Waals surface area contributed by atoms with Crippen molar-refractivity contribution in [2.24, 2.45) is 5.41 Å². The average Bonchev–Trinajstić information content (AvgIpc) is 2.65. The normalized spacial score (nSPS) is 40.2. The lowest BCUT2D eigenvalue weighted by Gasteiger charge is -2.14. The van der Waals surface area contributed by atoms with Gasteiger partial charge in [0.15, 0.2) is 0 Å². The van der Waals surface area contributed by atoms with E-state index in [0.29, 0.717) is 6.42 Å². The second-order valence-corrected chi connectivity index (χ2v) is 5.33. The van der Waals surface area contributed by atoms with Crippen molar-refractivity contribution in [2.75, 3.05) is 0 Å². The molecule has 2 unspecified atom stereocenters. The Morgan fingerprint density at radius 1 is 1.50 bits per heavy atom. The van der Waals surface area contributed by atoms with Crippen LogP contribution < -0.4 is 0 Å². The molecule has 2 aliphatic carbocycles. The second kappa shape index (κ2) is 2.33. The van der Waals surface area contributed by atoms with Crippen LogP contribution in [-0.4, -0.2) is 18.2 Å². The van der Waals surface area contributed by atoms with Crippen LogP contribution in [0.15, 0.2) is 12.2 Å². The summed E-state index contributed by atoms with van der Waals surface area (Å²) < 4.78 is 30.4. The number of rotatable bonds is 1. The molecule has 0 bridgehead atoms. The zero-order chi connectivity index (χ0) is 8.82. The van der Waals surface area contributed by atoms with Gasteiger partial charge in [-0.1, -0.05) is 12.2 Å². The zero-order valence-corrected chi connectivity index (χ0v) is 7.55. The van der Waals surface area contributed by atoms with Gasteiger partial charge in [-0.3, -0.25) is 4.55 Å². The third-order valence-corrected chi connectivity index (χ3v) is 4.22. The molecule has 1 fully saturated rings. The molecular formula is C8H12O3S. The smallest absolute Gasteiger partial charge is 0.268 e. The van der Waals surface area contributed by atoms with Gasteiger partial charge < -0.3 is 0 Å². The lowest BCUT2D eigenvalue weighted by Crippen LogP contribution is -2.14. The van der Waals surface area contributed by atoms with Gasteiger partial charge in [0.2, 0.25) is 0 Å². The van der Waals surface area contributed by atoms with E-state index in [0.717, 1.165) is 19.3 Å². The predicted molar refractivity (Wildman–Crippen MR) is 45.4 cm³/mol. The highest BCUT2D eigenvalue weighted by Gasteiger charge is 2.59. The van der Waals surface area contributed by atoms with Crippen LogP contribution in [0.3, 0.4) is 0 Å². The fourth-order valence-electron chi connectivity index (χ4n) is 2.08. The van der Waals surface area contributed by atoms with Crippen molar-refractivity contribution in [3.8, 4) is 0 Å². The van der Waals surface area contributed by atoms with Gasteiger partial charge in [-0.2, -0.15) is 8.42 Å². The van der Waals surface area contributed by atoms with Gasteiger partial charge in [-0.15, -0.1) is 0 Å². The lowest BCUT2D eigenvalue weighted by molar-refractivity contribution is 0.464. The molecule has 1 saturated carbocycles. The highest BCUT2D eigenvalue weighted by molar-refractivity contribution is 7.86. The molecule has 1 N–H and O–H groups in total. The largest absolute Gasteiger partial charge is 0.285 e. The van der Waals surface area contributed by atoms with E-state index in [4.69, 9.17) is 4.55 Å². The summed E-state index contributed by atoms with van der Waals surface area (Å²) in [6.45, 7) is 0. The van der Waals surface area contributed by atoms with Crippen LogP contribution in [0.5, 0.6) is 0 Å². The molecule has 3 nitrogen and oxygen atoms in total. The maximum Gasteiger partial charge on any atom is 0.268 e. The Morgan fingerprint density at radius 3 is 2.67 bits per heavy atom. The first-order chi connectivity index (χ1) is 5.55. The number of hydrogen-bond donors (Lipinski definition) is 1. The molecule has 2 aliphatic rings. The molecule has 0 aliphatic heterocycles. The zero-order valence-electron chi connectivity index (χ0n) is 6.73. The summed E-state index contributed by atoms with van der Waals surface area (Å²) in [5.74, 6) is 0. The van der Waals surface area contributed by atoms with Gasteiger partial charge >= 0.3 is 0 Å². The maximum atomic E-state index is 10.8. The Bertz CT molecular complexity index is 317. The van der Waals surface area contributed by atoms with Crippen molar-refractivity contribution >= 4 is 10.1 Å². The summed E-state index contributed by atoms with van der Waals surface area (Å²) in [5.41, 5.74) is -0.189. The van der Waals surface area contributed by atoms with Gasteiger partial charge in [-0.05, 0) is 25.7 Å². The monoisotopic (exact) mass is 188 g/mol. The van der Waals surface area contributed by atoms with Crippen molar-refractivity contribution in [1.82, 2.24) is 0 Å². The van der Waals surface area contributed by atoms with Crippen molar-refractivity contribution in [3.05, 3.63) is 12.2 Å². The van der Waals surface area contributed by atoms with E-state index in [-0.39, 0.29) is 5.41 Å². The lowest BCUT2D eigenvalue weighted by atomic mass is 9.93. The van der Waals surface area contributed by atoms with Crippen LogP contribution in [0.25, 0.3) is 0 Å². The maximum absolute atomic E-state index is 10.8. The molecule has 0 aromatic rings. The minimum atomic E-state index is -3.79. The summed E-state index contributed by atoms with van der Waals surface area (Å²) in [6, 6.07) is 0. The third-order valence-electron chi connectivity index (χ3n) is 2.87. The van der Waals surface area contributed by atoms with Crippen LogP contribution in [0.1, 0.15) is 25.7 Å².